The molecule has 1 aromatic carbocycles. The predicted molar refractivity (Wildman–Crippen MR) is 66.9 cm³/mol. The maximum atomic E-state index is 14.1. The van der Waals surface area contributed by atoms with Crippen molar-refractivity contribution in [1.29, 1.82) is 0 Å². The van der Waals surface area contributed by atoms with Gasteiger partial charge in [-0.1, -0.05) is 18.7 Å². The second-order valence-corrected chi connectivity index (χ2v) is 4.29. The van der Waals surface area contributed by atoms with E-state index < -0.39 is 0 Å². The summed E-state index contributed by atoms with van der Waals surface area (Å²) in [6.07, 6.45) is 2.40. The Morgan fingerprint density at radius 1 is 1.53 bits per heavy atom. The van der Waals surface area contributed by atoms with E-state index in [1.54, 1.807) is 12.1 Å². The highest BCUT2D eigenvalue weighted by Crippen LogP contribution is 2.23. The van der Waals surface area contributed by atoms with Gasteiger partial charge in [-0.3, -0.25) is 0 Å². The lowest BCUT2D eigenvalue weighted by atomic mass is 10.1. The van der Waals surface area contributed by atoms with Crippen LogP contribution >= 0.6 is 0 Å². The van der Waals surface area contributed by atoms with Crippen LogP contribution in [0.25, 0.3) is 5.76 Å². The summed E-state index contributed by atoms with van der Waals surface area (Å²) in [5, 5.41) is 3.30. The number of hydrogen-bond donors (Lipinski definition) is 1. The first-order chi connectivity index (χ1) is 8.22. The Hall–Kier alpha value is -1.35. The van der Waals surface area contributed by atoms with Gasteiger partial charge in [0.15, 0.2) is 0 Å². The Morgan fingerprint density at radius 3 is 2.94 bits per heavy atom. The van der Waals surface area contributed by atoms with E-state index in [4.69, 9.17) is 4.74 Å². The first kappa shape index (κ1) is 12.1. The second-order valence-electron chi connectivity index (χ2n) is 4.29. The largest absolute Gasteiger partial charge is 0.494 e. The number of nitrogens with one attached hydrogen (secondary N) is 1. The maximum Gasteiger partial charge on any atom is 0.138 e. The summed E-state index contributed by atoms with van der Waals surface area (Å²) in [5.41, 5.74) is 1.14. The Morgan fingerprint density at radius 2 is 2.29 bits per heavy atom. The zero-order valence-electron chi connectivity index (χ0n) is 10.1. The predicted octanol–water partition coefficient (Wildman–Crippen LogP) is 3.08. The Bertz CT molecular complexity index is 413. The molecule has 1 aliphatic rings. The topological polar surface area (TPSA) is 21.3 Å². The molecule has 0 amide bonds. The summed E-state index contributed by atoms with van der Waals surface area (Å²) in [5.74, 6) is 0.178. The van der Waals surface area contributed by atoms with Crippen LogP contribution in [0.2, 0.25) is 0 Å². The molecule has 1 saturated carbocycles. The fourth-order valence-corrected chi connectivity index (χ4v) is 1.73. The van der Waals surface area contributed by atoms with Gasteiger partial charge in [-0.05, 0) is 25.8 Å². The zero-order valence-corrected chi connectivity index (χ0v) is 10.1. The summed E-state index contributed by atoms with van der Waals surface area (Å²) < 4.78 is 19.4. The Labute approximate surface area is 101 Å². The Kier molecular flexibility index (Phi) is 3.79. The van der Waals surface area contributed by atoms with Gasteiger partial charge >= 0.3 is 0 Å². The lowest BCUT2D eigenvalue weighted by Crippen LogP contribution is -2.16. The third-order valence-electron chi connectivity index (χ3n) is 2.86. The summed E-state index contributed by atoms with van der Waals surface area (Å²) in [7, 11) is 0. The molecule has 0 unspecified atom stereocenters. The molecule has 2 rings (SSSR count). The van der Waals surface area contributed by atoms with E-state index in [1.165, 1.54) is 12.8 Å². The van der Waals surface area contributed by atoms with Crippen LogP contribution in [-0.4, -0.2) is 12.6 Å². The molecule has 3 heteroatoms. The van der Waals surface area contributed by atoms with Crippen molar-refractivity contribution in [2.75, 3.05) is 6.61 Å². The fourth-order valence-electron chi connectivity index (χ4n) is 1.73. The normalized spacial score (nSPS) is 14.7. The average molecular weight is 235 g/mol. The Balaban J connectivity index is 2.10. The van der Waals surface area contributed by atoms with Crippen LogP contribution in [0.3, 0.4) is 0 Å². The monoisotopic (exact) mass is 235 g/mol. The molecular formula is C14H18FNO. The van der Waals surface area contributed by atoms with E-state index in [0.717, 1.165) is 0 Å². The van der Waals surface area contributed by atoms with Crippen molar-refractivity contribution in [3.05, 3.63) is 41.7 Å². The first-order valence-electron chi connectivity index (χ1n) is 6.05. The highest BCUT2D eigenvalue weighted by Gasteiger charge is 2.21. The minimum atomic E-state index is -0.223. The summed E-state index contributed by atoms with van der Waals surface area (Å²) in [4.78, 5) is 0. The molecule has 0 bridgehead atoms. The van der Waals surface area contributed by atoms with Crippen LogP contribution in [0.5, 0.6) is 0 Å². The van der Waals surface area contributed by atoms with E-state index in [0.29, 0.717) is 36.1 Å². The van der Waals surface area contributed by atoms with Crippen molar-refractivity contribution < 1.29 is 9.13 Å². The number of rotatable bonds is 6. The van der Waals surface area contributed by atoms with Gasteiger partial charge in [0.1, 0.15) is 11.6 Å². The SMILES string of the molecule is C=C(OCC)c1cccc(CNC2CC2)c1F. The van der Waals surface area contributed by atoms with Crippen molar-refractivity contribution in [1.82, 2.24) is 5.32 Å². The van der Waals surface area contributed by atoms with Gasteiger partial charge in [-0.15, -0.1) is 0 Å². The van der Waals surface area contributed by atoms with Gasteiger partial charge < -0.3 is 10.1 Å². The minimum absolute atomic E-state index is 0.223. The van der Waals surface area contributed by atoms with Crippen LogP contribution in [-0.2, 0) is 11.3 Å². The molecule has 2 nitrogen and oxygen atoms in total. The second kappa shape index (κ2) is 5.32. The number of hydrogen-bond acceptors (Lipinski definition) is 2. The standard InChI is InChI=1S/C14H18FNO/c1-3-17-10(2)13-6-4-5-11(14(13)15)9-16-12-7-8-12/h4-6,12,16H,2-3,7-9H2,1H3. The van der Waals surface area contributed by atoms with Crippen LogP contribution in [0.15, 0.2) is 24.8 Å². The van der Waals surface area contributed by atoms with E-state index in [-0.39, 0.29) is 5.82 Å². The van der Waals surface area contributed by atoms with Gasteiger partial charge in [-0.25, -0.2) is 4.39 Å². The molecule has 1 aromatic rings. The van der Waals surface area contributed by atoms with E-state index in [9.17, 15) is 4.39 Å². The van der Waals surface area contributed by atoms with Crippen LogP contribution < -0.4 is 5.32 Å². The molecule has 1 fully saturated rings. The van der Waals surface area contributed by atoms with Gasteiger partial charge in [-0.2, -0.15) is 0 Å². The summed E-state index contributed by atoms with van der Waals surface area (Å²) in [6.45, 7) is 6.68. The maximum absolute atomic E-state index is 14.1. The molecule has 0 radical (unpaired) electrons. The molecule has 0 spiro atoms. The first-order valence-corrected chi connectivity index (χ1v) is 6.05. The third kappa shape index (κ3) is 3.07. The van der Waals surface area contributed by atoms with Gasteiger partial charge in [0.05, 0.1) is 12.2 Å². The van der Waals surface area contributed by atoms with Crippen LogP contribution in [0, 0.1) is 5.82 Å². The molecule has 92 valence electrons. The molecule has 1 aliphatic carbocycles. The van der Waals surface area contributed by atoms with E-state index in [1.807, 2.05) is 13.0 Å². The van der Waals surface area contributed by atoms with Crippen LogP contribution in [0.4, 0.5) is 4.39 Å². The van der Waals surface area contributed by atoms with Gasteiger partial charge in [0.2, 0.25) is 0 Å². The van der Waals surface area contributed by atoms with Crippen molar-refractivity contribution in [3.63, 3.8) is 0 Å². The highest BCUT2D eigenvalue weighted by atomic mass is 19.1. The molecule has 1 N–H and O–H groups in total. The lowest BCUT2D eigenvalue weighted by molar-refractivity contribution is 0.297. The number of halogens is 1. The van der Waals surface area contributed by atoms with Crippen molar-refractivity contribution in [3.8, 4) is 0 Å². The molecule has 0 saturated heterocycles. The summed E-state index contributed by atoms with van der Waals surface area (Å²) >= 11 is 0. The molecule has 0 heterocycles. The molecule has 0 aliphatic heterocycles. The fraction of sp³-hybridized carbons (Fsp3) is 0.429. The molecule has 17 heavy (non-hydrogen) atoms. The quantitative estimate of drug-likeness (QED) is 0.765. The molecule has 0 aromatic heterocycles. The van der Waals surface area contributed by atoms with Crippen LogP contribution in [0.1, 0.15) is 30.9 Å². The molecular weight excluding hydrogens is 217 g/mol. The van der Waals surface area contributed by atoms with Crippen molar-refractivity contribution in [2.24, 2.45) is 0 Å². The summed E-state index contributed by atoms with van der Waals surface area (Å²) in [6, 6.07) is 5.92. The van der Waals surface area contributed by atoms with Gasteiger partial charge in [0.25, 0.3) is 0 Å². The number of benzene rings is 1. The molecule has 0 atom stereocenters. The van der Waals surface area contributed by atoms with Crippen molar-refractivity contribution >= 4 is 5.76 Å². The zero-order chi connectivity index (χ0) is 12.3. The van der Waals surface area contributed by atoms with E-state index >= 15 is 0 Å². The minimum Gasteiger partial charge on any atom is -0.494 e. The van der Waals surface area contributed by atoms with E-state index in [2.05, 4.69) is 11.9 Å². The van der Waals surface area contributed by atoms with Gasteiger partial charge in [0, 0.05) is 18.2 Å². The third-order valence-corrected chi connectivity index (χ3v) is 2.86. The highest BCUT2D eigenvalue weighted by molar-refractivity contribution is 5.59. The average Bonchev–Trinajstić information content (AvgIpc) is 3.12. The number of ether oxygens (including phenoxy) is 1. The van der Waals surface area contributed by atoms with Crippen molar-refractivity contribution in [2.45, 2.75) is 32.4 Å². The lowest BCUT2D eigenvalue weighted by Gasteiger charge is -2.11. The smallest absolute Gasteiger partial charge is 0.138 e.